The summed E-state index contributed by atoms with van der Waals surface area (Å²) in [4.78, 5) is 0. The molecule has 0 aliphatic carbocycles. The molecule has 0 bridgehead atoms. The third-order valence-corrected chi connectivity index (χ3v) is 3.19. The molecule has 0 saturated carbocycles. The maximum absolute atomic E-state index is 6.14. The monoisotopic (exact) mass is 242 g/mol. The van der Waals surface area contributed by atoms with Crippen LogP contribution in [0.15, 0.2) is 23.8 Å². The highest BCUT2D eigenvalue weighted by Gasteiger charge is 2.06. The van der Waals surface area contributed by atoms with E-state index in [1.54, 1.807) is 0 Å². The normalized spacial score (nSPS) is 10.2. The number of halogens is 2. The lowest BCUT2D eigenvalue weighted by atomic mass is 10.0. The van der Waals surface area contributed by atoms with Gasteiger partial charge in [0.1, 0.15) is 0 Å². The first kappa shape index (κ1) is 12.6. The fourth-order valence-corrected chi connectivity index (χ4v) is 1.98. The predicted molar refractivity (Wildman–Crippen MR) is 69.0 cm³/mol. The molecule has 0 N–H and O–H groups in total. The molecule has 1 rings (SSSR count). The molecule has 82 valence electrons. The van der Waals surface area contributed by atoms with Crippen LogP contribution in [-0.2, 0) is 6.42 Å². The van der Waals surface area contributed by atoms with Crippen molar-refractivity contribution in [2.24, 2.45) is 0 Å². The Kier molecular flexibility index (Phi) is 4.69. The van der Waals surface area contributed by atoms with Crippen LogP contribution in [-0.4, -0.2) is 0 Å². The summed E-state index contributed by atoms with van der Waals surface area (Å²) in [5.41, 5.74) is 3.61. The van der Waals surface area contributed by atoms with E-state index in [0.29, 0.717) is 0 Å². The Labute approximate surface area is 102 Å². The van der Waals surface area contributed by atoms with Gasteiger partial charge in [-0.2, -0.15) is 0 Å². The molecule has 1 aromatic rings. The Hall–Kier alpha value is -0.460. The van der Waals surface area contributed by atoms with Gasteiger partial charge in [0.15, 0.2) is 0 Å². The van der Waals surface area contributed by atoms with Crippen LogP contribution >= 0.6 is 23.2 Å². The van der Waals surface area contributed by atoms with Crippen molar-refractivity contribution in [2.45, 2.75) is 33.6 Å². The SMILES string of the molecule is CC(C)=CCCc1c(Cl)ccc(Cl)c1C. The van der Waals surface area contributed by atoms with Crippen molar-refractivity contribution in [1.82, 2.24) is 0 Å². The van der Waals surface area contributed by atoms with E-state index in [0.717, 1.165) is 28.5 Å². The molecule has 0 aliphatic rings. The summed E-state index contributed by atoms with van der Waals surface area (Å²) in [7, 11) is 0. The molecule has 2 heteroatoms. The van der Waals surface area contributed by atoms with Gasteiger partial charge in [0, 0.05) is 10.0 Å². The summed E-state index contributed by atoms with van der Waals surface area (Å²) < 4.78 is 0. The van der Waals surface area contributed by atoms with Crippen LogP contribution in [0.25, 0.3) is 0 Å². The van der Waals surface area contributed by atoms with Gasteiger partial charge in [0.25, 0.3) is 0 Å². The van der Waals surface area contributed by atoms with E-state index in [1.165, 1.54) is 11.1 Å². The topological polar surface area (TPSA) is 0 Å². The van der Waals surface area contributed by atoms with Gasteiger partial charge in [-0.25, -0.2) is 0 Å². The first-order valence-corrected chi connectivity index (χ1v) is 5.85. The van der Waals surface area contributed by atoms with E-state index < -0.39 is 0 Å². The molecule has 0 atom stereocenters. The smallest absolute Gasteiger partial charge is 0.0441 e. The highest BCUT2D eigenvalue weighted by molar-refractivity contribution is 6.34. The second kappa shape index (κ2) is 5.58. The van der Waals surface area contributed by atoms with Crippen LogP contribution < -0.4 is 0 Å². The summed E-state index contributed by atoms with van der Waals surface area (Å²) in [6.07, 6.45) is 4.19. The zero-order valence-electron chi connectivity index (χ0n) is 9.40. The van der Waals surface area contributed by atoms with Crippen molar-refractivity contribution in [3.8, 4) is 0 Å². The lowest BCUT2D eigenvalue weighted by Crippen LogP contribution is -1.91. The second-order valence-corrected chi connectivity index (χ2v) is 4.77. The van der Waals surface area contributed by atoms with E-state index >= 15 is 0 Å². The maximum atomic E-state index is 6.14. The second-order valence-electron chi connectivity index (χ2n) is 3.95. The fraction of sp³-hybridized carbons (Fsp3) is 0.385. The molecule has 0 unspecified atom stereocenters. The molecule has 0 saturated heterocycles. The molecule has 0 radical (unpaired) electrons. The van der Waals surface area contributed by atoms with E-state index in [9.17, 15) is 0 Å². The molecular formula is C13H16Cl2. The Morgan fingerprint density at radius 2 is 1.80 bits per heavy atom. The minimum atomic E-state index is 0.798. The van der Waals surface area contributed by atoms with Crippen molar-refractivity contribution < 1.29 is 0 Å². The zero-order chi connectivity index (χ0) is 11.4. The highest BCUT2D eigenvalue weighted by Crippen LogP contribution is 2.27. The van der Waals surface area contributed by atoms with E-state index in [-0.39, 0.29) is 0 Å². The Bertz CT molecular complexity index is 374. The zero-order valence-corrected chi connectivity index (χ0v) is 10.9. The minimum Gasteiger partial charge on any atom is -0.0856 e. The van der Waals surface area contributed by atoms with Crippen molar-refractivity contribution >= 4 is 23.2 Å². The van der Waals surface area contributed by atoms with Gasteiger partial charge in [0.2, 0.25) is 0 Å². The van der Waals surface area contributed by atoms with Gasteiger partial charge in [-0.05, 0) is 56.9 Å². The molecule has 0 heterocycles. The van der Waals surface area contributed by atoms with Crippen molar-refractivity contribution in [1.29, 1.82) is 0 Å². The van der Waals surface area contributed by atoms with Crippen molar-refractivity contribution in [2.75, 3.05) is 0 Å². The number of rotatable bonds is 3. The standard InChI is InChI=1S/C13H16Cl2/c1-9(2)5-4-6-11-10(3)12(14)7-8-13(11)15/h5,7-8H,4,6H2,1-3H3. The average molecular weight is 243 g/mol. The maximum Gasteiger partial charge on any atom is 0.0441 e. The summed E-state index contributed by atoms with van der Waals surface area (Å²) in [6, 6.07) is 3.72. The molecular weight excluding hydrogens is 227 g/mol. The van der Waals surface area contributed by atoms with Crippen LogP contribution in [0.2, 0.25) is 10.0 Å². The lowest BCUT2D eigenvalue weighted by molar-refractivity contribution is 0.976. The van der Waals surface area contributed by atoms with Crippen molar-refractivity contribution in [3.63, 3.8) is 0 Å². The van der Waals surface area contributed by atoms with E-state index in [2.05, 4.69) is 19.9 Å². The van der Waals surface area contributed by atoms with Gasteiger partial charge in [-0.3, -0.25) is 0 Å². The molecule has 1 aromatic carbocycles. The Morgan fingerprint density at radius 1 is 1.20 bits per heavy atom. The molecule has 15 heavy (non-hydrogen) atoms. The van der Waals surface area contributed by atoms with Crippen LogP contribution in [0.4, 0.5) is 0 Å². The predicted octanol–water partition coefficient (Wildman–Crippen LogP) is 5.20. The fourth-order valence-electron chi connectivity index (χ4n) is 1.51. The number of benzene rings is 1. The number of allylic oxidation sites excluding steroid dienone is 2. The third-order valence-electron chi connectivity index (χ3n) is 2.42. The number of hydrogen-bond acceptors (Lipinski definition) is 0. The largest absolute Gasteiger partial charge is 0.0856 e. The van der Waals surface area contributed by atoms with Crippen molar-refractivity contribution in [3.05, 3.63) is 45.0 Å². The van der Waals surface area contributed by atoms with Gasteiger partial charge >= 0.3 is 0 Å². The lowest BCUT2D eigenvalue weighted by Gasteiger charge is -2.08. The number of hydrogen-bond donors (Lipinski definition) is 0. The van der Waals surface area contributed by atoms with Crippen LogP contribution in [0.5, 0.6) is 0 Å². The Balaban J connectivity index is 2.85. The van der Waals surface area contributed by atoms with Gasteiger partial charge < -0.3 is 0 Å². The van der Waals surface area contributed by atoms with E-state index in [1.807, 2.05) is 19.1 Å². The highest BCUT2D eigenvalue weighted by atomic mass is 35.5. The first-order chi connectivity index (χ1) is 7.02. The molecule has 0 amide bonds. The first-order valence-electron chi connectivity index (χ1n) is 5.09. The molecule has 0 aliphatic heterocycles. The molecule has 0 aromatic heterocycles. The van der Waals surface area contributed by atoms with Gasteiger partial charge in [0.05, 0.1) is 0 Å². The van der Waals surface area contributed by atoms with Gasteiger partial charge in [-0.15, -0.1) is 0 Å². The van der Waals surface area contributed by atoms with Gasteiger partial charge in [-0.1, -0.05) is 34.9 Å². The summed E-state index contributed by atoms with van der Waals surface area (Å²) in [6.45, 7) is 6.23. The quantitative estimate of drug-likeness (QED) is 0.640. The summed E-state index contributed by atoms with van der Waals surface area (Å²) >= 11 is 12.2. The third kappa shape index (κ3) is 3.55. The molecule has 0 nitrogen and oxygen atoms in total. The van der Waals surface area contributed by atoms with Crippen LogP contribution in [0, 0.1) is 6.92 Å². The summed E-state index contributed by atoms with van der Waals surface area (Å²) in [5, 5.41) is 1.62. The summed E-state index contributed by atoms with van der Waals surface area (Å²) in [5.74, 6) is 0. The van der Waals surface area contributed by atoms with E-state index in [4.69, 9.17) is 23.2 Å². The van der Waals surface area contributed by atoms with Crippen LogP contribution in [0.3, 0.4) is 0 Å². The Morgan fingerprint density at radius 3 is 2.40 bits per heavy atom. The average Bonchev–Trinajstić information content (AvgIpc) is 2.17. The molecule has 0 fully saturated rings. The minimum absolute atomic E-state index is 0.798. The van der Waals surface area contributed by atoms with Crippen LogP contribution in [0.1, 0.15) is 31.4 Å². The molecule has 0 spiro atoms.